The van der Waals surface area contributed by atoms with Crippen molar-refractivity contribution in [1.82, 2.24) is 24.3 Å². The molecule has 0 saturated carbocycles. The van der Waals surface area contributed by atoms with Crippen molar-refractivity contribution >= 4 is 33.4 Å². The fourth-order valence-corrected chi connectivity index (χ4v) is 6.89. The molecule has 2 amide bonds. The number of anilines is 2. The van der Waals surface area contributed by atoms with Crippen molar-refractivity contribution in [1.29, 1.82) is 0 Å². The minimum absolute atomic E-state index is 0.0202. The van der Waals surface area contributed by atoms with Crippen molar-refractivity contribution in [2.24, 2.45) is 0 Å². The highest BCUT2D eigenvalue weighted by molar-refractivity contribution is 7.88. The van der Waals surface area contributed by atoms with Crippen LogP contribution in [0.4, 0.5) is 29.3 Å². The Morgan fingerprint density at radius 3 is 2.33 bits per heavy atom. The van der Waals surface area contributed by atoms with Gasteiger partial charge in [0.25, 0.3) is 0 Å². The SMILES string of the molecule is CNC(=O)Nc1cccc(C(=O)OC)c1N1CCN(CC(O)Cn2nc(-c3ccc(C(F)(F)F)cc3)c3c2CCN(S(C)(=O)=O)C3)CC1. The maximum Gasteiger partial charge on any atom is 0.416 e. The maximum absolute atomic E-state index is 13.2. The van der Waals surface area contributed by atoms with Crippen molar-refractivity contribution in [3.05, 3.63) is 64.8 Å². The van der Waals surface area contributed by atoms with E-state index in [-0.39, 0.29) is 26.2 Å². The van der Waals surface area contributed by atoms with Gasteiger partial charge in [0.1, 0.15) is 0 Å². The van der Waals surface area contributed by atoms with E-state index in [1.54, 1.807) is 22.9 Å². The van der Waals surface area contributed by atoms with Gasteiger partial charge in [0.2, 0.25) is 10.0 Å². The van der Waals surface area contributed by atoms with Crippen molar-refractivity contribution in [2.75, 3.05) is 69.9 Å². The fraction of sp³-hybridized carbons (Fsp3) is 0.452. The van der Waals surface area contributed by atoms with Crippen LogP contribution in [-0.4, -0.2) is 110 Å². The largest absolute Gasteiger partial charge is 0.465 e. The average molecular weight is 694 g/mol. The van der Waals surface area contributed by atoms with E-state index in [2.05, 4.69) is 20.6 Å². The molecule has 0 spiro atoms. The Bertz CT molecular complexity index is 1760. The topological polar surface area (TPSA) is 149 Å². The maximum atomic E-state index is 13.2. The summed E-state index contributed by atoms with van der Waals surface area (Å²) in [7, 11) is -0.757. The van der Waals surface area contributed by atoms with Gasteiger partial charge in [-0.1, -0.05) is 18.2 Å². The van der Waals surface area contributed by atoms with Crippen LogP contribution in [-0.2, 0) is 40.4 Å². The van der Waals surface area contributed by atoms with Crippen molar-refractivity contribution in [2.45, 2.75) is 31.8 Å². The van der Waals surface area contributed by atoms with E-state index in [4.69, 9.17) is 4.74 Å². The number of sulfonamides is 1. The van der Waals surface area contributed by atoms with Crippen LogP contribution >= 0.6 is 0 Å². The lowest BCUT2D eigenvalue weighted by Crippen LogP contribution is -2.49. The molecule has 3 N–H and O–H groups in total. The number of alkyl halides is 3. The molecule has 1 unspecified atom stereocenters. The first kappa shape index (κ1) is 35.1. The van der Waals surface area contributed by atoms with Gasteiger partial charge in [-0.3, -0.25) is 9.58 Å². The summed E-state index contributed by atoms with van der Waals surface area (Å²) in [6.07, 6.45) is -3.94. The molecule has 5 rings (SSSR count). The van der Waals surface area contributed by atoms with Gasteiger partial charge in [0, 0.05) is 76.1 Å². The number of aromatic nitrogens is 2. The number of β-amino-alcohol motifs (C(OH)–C–C–N with tert-alkyl or cyclic N) is 1. The molecule has 48 heavy (non-hydrogen) atoms. The number of carbonyl (C=O) groups excluding carboxylic acids is 2. The summed E-state index contributed by atoms with van der Waals surface area (Å²) >= 11 is 0. The second-order valence-corrected chi connectivity index (χ2v) is 13.7. The third-order valence-electron chi connectivity index (χ3n) is 8.51. The molecule has 13 nitrogen and oxygen atoms in total. The first-order valence-corrected chi connectivity index (χ1v) is 17.1. The number of esters is 1. The van der Waals surface area contributed by atoms with Gasteiger partial charge >= 0.3 is 18.2 Å². The number of nitrogens with one attached hydrogen (secondary N) is 2. The number of halogens is 3. The van der Waals surface area contributed by atoms with Gasteiger partial charge in [0.05, 0.1) is 54.2 Å². The number of benzene rings is 2. The van der Waals surface area contributed by atoms with Gasteiger partial charge in [0.15, 0.2) is 0 Å². The highest BCUT2D eigenvalue weighted by atomic mass is 32.2. The number of ether oxygens (including phenoxy) is 1. The number of amides is 2. The highest BCUT2D eigenvalue weighted by Gasteiger charge is 2.33. The smallest absolute Gasteiger partial charge is 0.416 e. The molecule has 1 saturated heterocycles. The molecule has 3 aromatic rings. The Labute approximate surface area is 276 Å². The van der Waals surface area contributed by atoms with Crippen LogP contribution in [0.5, 0.6) is 0 Å². The lowest BCUT2D eigenvalue weighted by molar-refractivity contribution is -0.137. The van der Waals surface area contributed by atoms with E-state index < -0.39 is 39.9 Å². The number of piperazine rings is 1. The third-order valence-corrected chi connectivity index (χ3v) is 9.76. The number of hydrogen-bond acceptors (Lipinski definition) is 9. The zero-order valence-corrected chi connectivity index (χ0v) is 27.6. The summed E-state index contributed by atoms with van der Waals surface area (Å²) in [5, 5.41) is 21.1. The number of fused-ring (bicyclic) bond motifs is 1. The number of aliphatic hydroxyl groups excluding tert-OH is 1. The van der Waals surface area contributed by atoms with Crippen LogP contribution < -0.4 is 15.5 Å². The van der Waals surface area contributed by atoms with Gasteiger partial charge < -0.3 is 25.4 Å². The average Bonchev–Trinajstić information content (AvgIpc) is 3.41. The van der Waals surface area contributed by atoms with E-state index in [0.29, 0.717) is 66.4 Å². The lowest BCUT2D eigenvalue weighted by atomic mass is 10.0. The monoisotopic (exact) mass is 693 g/mol. The lowest BCUT2D eigenvalue weighted by Gasteiger charge is -2.38. The van der Waals surface area contributed by atoms with Gasteiger partial charge in [-0.25, -0.2) is 18.0 Å². The zero-order chi connectivity index (χ0) is 34.8. The minimum Gasteiger partial charge on any atom is -0.465 e. The van der Waals surface area contributed by atoms with Crippen LogP contribution in [0.25, 0.3) is 11.3 Å². The molecular formula is C31H38F3N7O6S. The second-order valence-electron chi connectivity index (χ2n) is 11.7. The van der Waals surface area contributed by atoms with Crippen LogP contribution in [0.1, 0.15) is 27.2 Å². The van der Waals surface area contributed by atoms with Gasteiger partial charge in [-0.15, -0.1) is 0 Å². The quantitative estimate of drug-likeness (QED) is 0.288. The van der Waals surface area contributed by atoms with Gasteiger partial charge in [-0.2, -0.15) is 22.6 Å². The molecule has 1 atom stereocenters. The number of nitrogens with zero attached hydrogens (tertiary/aromatic N) is 5. The Morgan fingerprint density at radius 1 is 1.04 bits per heavy atom. The number of aliphatic hydroxyl groups is 1. The number of rotatable bonds is 9. The number of carbonyl (C=O) groups is 2. The number of methoxy groups -OCH3 is 1. The van der Waals surface area contributed by atoms with E-state index in [1.165, 1.54) is 30.6 Å². The van der Waals surface area contributed by atoms with E-state index in [1.807, 2.05) is 4.90 Å². The molecule has 1 fully saturated rings. The Morgan fingerprint density at radius 2 is 1.73 bits per heavy atom. The number of para-hydroxylation sites is 1. The summed E-state index contributed by atoms with van der Waals surface area (Å²) in [5.74, 6) is -0.540. The number of urea groups is 1. The van der Waals surface area contributed by atoms with Crippen LogP contribution in [0.2, 0.25) is 0 Å². The molecular weight excluding hydrogens is 655 g/mol. The number of hydrogen-bond donors (Lipinski definition) is 3. The summed E-state index contributed by atoms with van der Waals surface area (Å²) < 4.78 is 72.2. The van der Waals surface area contributed by atoms with Crippen LogP contribution in [0, 0.1) is 0 Å². The van der Waals surface area contributed by atoms with E-state index >= 15 is 0 Å². The van der Waals surface area contributed by atoms with Crippen molar-refractivity contribution < 1.29 is 41.0 Å². The highest BCUT2D eigenvalue weighted by Crippen LogP contribution is 2.35. The second kappa shape index (κ2) is 14.1. The summed E-state index contributed by atoms with van der Waals surface area (Å²) in [6.45, 7) is 2.65. The van der Waals surface area contributed by atoms with Gasteiger partial charge in [-0.05, 0) is 24.3 Å². The molecule has 0 bridgehead atoms. The summed E-state index contributed by atoms with van der Waals surface area (Å²) in [5.41, 5.74) is 2.60. The Balaban J connectivity index is 1.31. The van der Waals surface area contributed by atoms with E-state index in [0.717, 1.165) is 24.1 Å². The van der Waals surface area contributed by atoms with Crippen LogP contribution in [0.3, 0.4) is 0 Å². The minimum atomic E-state index is -4.50. The molecule has 2 aliphatic rings. The Kier molecular flexibility index (Phi) is 10.3. The molecule has 260 valence electrons. The molecule has 1 aromatic heterocycles. The third kappa shape index (κ3) is 7.75. The first-order chi connectivity index (χ1) is 22.7. The zero-order valence-electron chi connectivity index (χ0n) is 26.7. The molecule has 2 aliphatic heterocycles. The molecule has 0 radical (unpaired) electrons. The summed E-state index contributed by atoms with van der Waals surface area (Å²) in [6, 6.07) is 9.12. The first-order valence-electron chi connectivity index (χ1n) is 15.3. The predicted octanol–water partition coefficient (Wildman–Crippen LogP) is 2.61. The predicted molar refractivity (Wildman–Crippen MR) is 172 cm³/mol. The molecule has 17 heteroatoms. The van der Waals surface area contributed by atoms with Crippen molar-refractivity contribution in [3.8, 4) is 11.3 Å². The van der Waals surface area contributed by atoms with Crippen molar-refractivity contribution in [3.63, 3.8) is 0 Å². The summed E-state index contributed by atoms with van der Waals surface area (Å²) in [4.78, 5) is 28.7. The van der Waals surface area contributed by atoms with Crippen LogP contribution in [0.15, 0.2) is 42.5 Å². The fourth-order valence-electron chi connectivity index (χ4n) is 6.10. The Hall–Kier alpha value is -4.19. The van der Waals surface area contributed by atoms with E-state index in [9.17, 15) is 36.3 Å². The molecule has 0 aliphatic carbocycles. The molecule has 2 aromatic carbocycles. The standard InChI is InChI=1S/C31H38F3N7O6S/c1-35-30(44)36-25-6-4-5-23(29(43)47-2)28(25)39-15-13-38(14-16-39)17-22(42)18-41-26-11-12-40(48(3,45)46)19-24(26)27(37-41)20-7-9-21(10-8-20)31(32,33)34/h4-10,22,42H,11-19H2,1-3H3,(H2,35,36,44). The molecule has 3 heterocycles. The normalized spacial score (nSPS) is 16.7.